The molecule has 13 heavy (non-hydrogen) atoms. The smallest absolute Gasteiger partial charge is 0.0710 e. The highest BCUT2D eigenvalue weighted by atomic mass is 16.5. The monoisotopic (exact) mass is 183 g/mol. The van der Waals surface area contributed by atoms with E-state index in [0.717, 1.165) is 12.5 Å². The minimum atomic E-state index is 0.285. The zero-order valence-electron chi connectivity index (χ0n) is 8.88. The first-order valence-corrected chi connectivity index (χ1v) is 5.56. The summed E-state index contributed by atoms with van der Waals surface area (Å²) in [6, 6.07) is 0. The SMILES string of the molecule is CCC1COC2(CCN(C)CC2)C1. The van der Waals surface area contributed by atoms with Gasteiger partial charge in [0.2, 0.25) is 0 Å². The lowest BCUT2D eigenvalue weighted by Crippen LogP contribution is -2.42. The second kappa shape index (κ2) is 3.58. The maximum atomic E-state index is 6.01. The molecule has 1 unspecified atom stereocenters. The molecule has 76 valence electrons. The van der Waals surface area contributed by atoms with E-state index in [1.807, 2.05) is 0 Å². The van der Waals surface area contributed by atoms with Crippen molar-refractivity contribution in [2.75, 3.05) is 26.7 Å². The van der Waals surface area contributed by atoms with Crippen molar-refractivity contribution in [2.45, 2.75) is 38.2 Å². The van der Waals surface area contributed by atoms with Crippen LogP contribution in [-0.4, -0.2) is 37.2 Å². The van der Waals surface area contributed by atoms with Gasteiger partial charge in [-0.05, 0) is 32.2 Å². The van der Waals surface area contributed by atoms with E-state index in [0.29, 0.717) is 0 Å². The van der Waals surface area contributed by atoms with Gasteiger partial charge in [0.1, 0.15) is 0 Å². The van der Waals surface area contributed by atoms with Gasteiger partial charge in [-0.15, -0.1) is 0 Å². The minimum absolute atomic E-state index is 0.285. The fourth-order valence-corrected chi connectivity index (χ4v) is 2.58. The van der Waals surface area contributed by atoms with Crippen molar-refractivity contribution in [3.63, 3.8) is 0 Å². The Morgan fingerprint density at radius 1 is 1.38 bits per heavy atom. The van der Waals surface area contributed by atoms with Crippen molar-refractivity contribution in [3.05, 3.63) is 0 Å². The summed E-state index contributed by atoms with van der Waals surface area (Å²) >= 11 is 0. The summed E-state index contributed by atoms with van der Waals surface area (Å²) in [6.07, 6.45) is 5.11. The van der Waals surface area contributed by atoms with Crippen LogP contribution < -0.4 is 0 Å². The number of piperidine rings is 1. The highest BCUT2D eigenvalue weighted by molar-refractivity contribution is 4.92. The summed E-state index contributed by atoms with van der Waals surface area (Å²) in [5, 5.41) is 0. The molecule has 0 aliphatic carbocycles. The molecule has 0 radical (unpaired) electrons. The van der Waals surface area contributed by atoms with Crippen LogP contribution in [0.5, 0.6) is 0 Å². The van der Waals surface area contributed by atoms with Gasteiger partial charge in [0.25, 0.3) is 0 Å². The molecule has 2 rings (SSSR count). The van der Waals surface area contributed by atoms with Crippen molar-refractivity contribution in [2.24, 2.45) is 5.92 Å². The van der Waals surface area contributed by atoms with Crippen molar-refractivity contribution in [3.8, 4) is 0 Å². The third-order valence-electron chi connectivity index (χ3n) is 3.76. The van der Waals surface area contributed by atoms with Crippen LogP contribution in [0, 0.1) is 5.92 Å². The molecule has 0 amide bonds. The number of ether oxygens (including phenoxy) is 1. The molecule has 2 aliphatic heterocycles. The molecule has 2 aliphatic rings. The van der Waals surface area contributed by atoms with E-state index in [1.165, 1.54) is 38.8 Å². The Labute approximate surface area is 81.3 Å². The van der Waals surface area contributed by atoms with Gasteiger partial charge in [-0.2, -0.15) is 0 Å². The van der Waals surface area contributed by atoms with Gasteiger partial charge in [0.15, 0.2) is 0 Å². The van der Waals surface area contributed by atoms with Gasteiger partial charge >= 0.3 is 0 Å². The number of hydrogen-bond acceptors (Lipinski definition) is 2. The van der Waals surface area contributed by atoms with Gasteiger partial charge in [-0.1, -0.05) is 13.3 Å². The molecule has 2 saturated heterocycles. The quantitative estimate of drug-likeness (QED) is 0.615. The molecule has 2 nitrogen and oxygen atoms in total. The fourth-order valence-electron chi connectivity index (χ4n) is 2.58. The van der Waals surface area contributed by atoms with Crippen LogP contribution >= 0.6 is 0 Å². The van der Waals surface area contributed by atoms with E-state index in [4.69, 9.17) is 4.74 Å². The maximum absolute atomic E-state index is 6.01. The molecule has 1 spiro atoms. The van der Waals surface area contributed by atoms with Crippen LogP contribution in [0.1, 0.15) is 32.6 Å². The lowest BCUT2D eigenvalue weighted by molar-refractivity contribution is -0.0394. The molecule has 0 N–H and O–H groups in total. The van der Waals surface area contributed by atoms with E-state index < -0.39 is 0 Å². The second-order valence-corrected chi connectivity index (χ2v) is 4.78. The first-order chi connectivity index (χ1) is 6.24. The fraction of sp³-hybridized carbons (Fsp3) is 1.00. The highest BCUT2D eigenvalue weighted by Crippen LogP contribution is 2.39. The Hall–Kier alpha value is -0.0800. The minimum Gasteiger partial charge on any atom is -0.375 e. The van der Waals surface area contributed by atoms with Gasteiger partial charge in [0.05, 0.1) is 12.2 Å². The molecule has 0 aromatic heterocycles. The largest absolute Gasteiger partial charge is 0.375 e. The molecule has 2 fully saturated rings. The molecular formula is C11H21NO. The molecule has 0 aromatic carbocycles. The van der Waals surface area contributed by atoms with E-state index in [1.54, 1.807) is 0 Å². The normalized spacial score (nSPS) is 34.2. The third kappa shape index (κ3) is 1.89. The lowest BCUT2D eigenvalue weighted by atomic mass is 9.85. The third-order valence-corrected chi connectivity index (χ3v) is 3.76. The van der Waals surface area contributed by atoms with E-state index in [9.17, 15) is 0 Å². The average Bonchev–Trinajstić information content (AvgIpc) is 2.55. The summed E-state index contributed by atoms with van der Waals surface area (Å²) in [6.45, 7) is 5.73. The van der Waals surface area contributed by atoms with E-state index >= 15 is 0 Å². The summed E-state index contributed by atoms with van der Waals surface area (Å²) < 4.78 is 6.01. The standard InChI is InChI=1S/C11H21NO/c1-3-10-8-11(13-9-10)4-6-12(2)7-5-11/h10H,3-9H2,1-2H3. The average molecular weight is 183 g/mol. The first-order valence-electron chi connectivity index (χ1n) is 5.56. The van der Waals surface area contributed by atoms with E-state index in [-0.39, 0.29) is 5.60 Å². The van der Waals surface area contributed by atoms with Gasteiger partial charge < -0.3 is 9.64 Å². The number of hydrogen-bond donors (Lipinski definition) is 0. The first kappa shape index (κ1) is 9.47. The molecule has 2 heterocycles. The van der Waals surface area contributed by atoms with Crippen molar-refractivity contribution >= 4 is 0 Å². The van der Waals surface area contributed by atoms with Crippen LogP contribution in [0.3, 0.4) is 0 Å². The van der Waals surface area contributed by atoms with Crippen molar-refractivity contribution < 1.29 is 4.74 Å². The zero-order chi connectivity index (χ0) is 9.31. The highest BCUT2D eigenvalue weighted by Gasteiger charge is 2.41. The summed E-state index contributed by atoms with van der Waals surface area (Å²) in [5.41, 5.74) is 0.285. The summed E-state index contributed by atoms with van der Waals surface area (Å²) in [7, 11) is 2.21. The predicted octanol–water partition coefficient (Wildman–Crippen LogP) is 1.90. The Bertz CT molecular complexity index is 173. The summed E-state index contributed by atoms with van der Waals surface area (Å²) in [5.74, 6) is 0.836. The molecule has 2 heteroatoms. The van der Waals surface area contributed by atoms with Crippen LogP contribution in [0.25, 0.3) is 0 Å². The molecular weight excluding hydrogens is 162 g/mol. The van der Waals surface area contributed by atoms with Crippen molar-refractivity contribution in [1.82, 2.24) is 4.90 Å². The zero-order valence-corrected chi connectivity index (χ0v) is 8.88. The van der Waals surface area contributed by atoms with Crippen LogP contribution in [-0.2, 0) is 4.74 Å². The Kier molecular flexibility index (Phi) is 2.61. The van der Waals surface area contributed by atoms with Crippen LogP contribution in [0.4, 0.5) is 0 Å². The van der Waals surface area contributed by atoms with Crippen molar-refractivity contribution in [1.29, 1.82) is 0 Å². The van der Waals surface area contributed by atoms with Gasteiger partial charge in [-0.25, -0.2) is 0 Å². The van der Waals surface area contributed by atoms with E-state index in [2.05, 4.69) is 18.9 Å². The van der Waals surface area contributed by atoms with Crippen LogP contribution in [0.15, 0.2) is 0 Å². The Morgan fingerprint density at radius 3 is 2.62 bits per heavy atom. The Balaban J connectivity index is 1.92. The number of likely N-dealkylation sites (tertiary alicyclic amines) is 1. The topological polar surface area (TPSA) is 12.5 Å². The Morgan fingerprint density at radius 2 is 2.08 bits per heavy atom. The molecule has 0 aromatic rings. The maximum Gasteiger partial charge on any atom is 0.0710 e. The summed E-state index contributed by atoms with van der Waals surface area (Å²) in [4.78, 5) is 2.41. The number of rotatable bonds is 1. The lowest BCUT2D eigenvalue weighted by Gasteiger charge is -2.37. The number of nitrogens with zero attached hydrogens (tertiary/aromatic N) is 1. The predicted molar refractivity (Wildman–Crippen MR) is 53.8 cm³/mol. The second-order valence-electron chi connectivity index (χ2n) is 4.78. The van der Waals surface area contributed by atoms with Crippen LogP contribution in [0.2, 0.25) is 0 Å². The molecule has 0 bridgehead atoms. The molecule has 0 saturated carbocycles. The molecule has 1 atom stereocenters. The van der Waals surface area contributed by atoms with Gasteiger partial charge in [0, 0.05) is 13.1 Å². The van der Waals surface area contributed by atoms with Gasteiger partial charge in [-0.3, -0.25) is 0 Å².